The third-order valence-corrected chi connectivity index (χ3v) is 9.25. The molecular formula is C12H8Cl6. The number of hydrogen-bond donors (Lipinski definition) is 0. The van der Waals surface area contributed by atoms with Crippen LogP contribution in [0.5, 0.6) is 0 Å². The third-order valence-electron chi connectivity index (χ3n) is 5.08. The molecule has 2 fully saturated rings. The van der Waals surface area contributed by atoms with Crippen LogP contribution in [-0.2, 0) is 0 Å². The molecule has 0 aromatic heterocycles. The van der Waals surface area contributed by atoms with Crippen molar-refractivity contribution in [1.29, 1.82) is 0 Å². The highest BCUT2D eigenvalue weighted by atomic mass is 35.5. The lowest BCUT2D eigenvalue weighted by atomic mass is 9.74. The van der Waals surface area contributed by atoms with Gasteiger partial charge in [0, 0.05) is 5.92 Å². The molecule has 0 radical (unpaired) electrons. The molecule has 2 saturated carbocycles. The van der Waals surface area contributed by atoms with Crippen LogP contribution in [0.2, 0.25) is 0 Å². The maximum atomic E-state index is 6.92. The molecule has 0 saturated heterocycles. The largest absolute Gasteiger partial charge is 0.114 e. The molecule has 98 valence electrons. The van der Waals surface area contributed by atoms with E-state index in [1.165, 1.54) is 0 Å². The smallest absolute Gasteiger partial charge is 0.105 e. The highest BCUT2D eigenvalue weighted by Gasteiger charge is 2.85. The molecule has 0 amide bonds. The number of allylic oxidation sites excluding steroid dienone is 4. The van der Waals surface area contributed by atoms with E-state index in [-0.39, 0.29) is 11.8 Å². The number of rotatable bonds is 0. The average Bonchev–Trinajstić information content (AvgIpc) is 2.88. The summed E-state index contributed by atoms with van der Waals surface area (Å²) in [5.74, 6) is 0.153. The Bertz CT molecular complexity index is 541. The Hall–Kier alpha value is 1.22. The van der Waals surface area contributed by atoms with Crippen LogP contribution >= 0.6 is 69.6 Å². The van der Waals surface area contributed by atoms with E-state index in [9.17, 15) is 0 Å². The van der Waals surface area contributed by atoms with Gasteiger partial charge in [0.15, 0.2) is 0 Å². The summed E-state index contributed by atoms with van der Waals surface area (Å²) in [6.07, 6.45) is 5.23. The van der Waals surface area contributed by atoms with Crippen LogP contribution in [-0.4, -0.2) is 19.5 Å². The molecule has 0 aliphatic heterocycles. The Morgan fingerprint density at radius 1 is 1.06 bits per heavy atom. The van der Waals surface area contributed by atoms with Crippen molar-refractivity contribution >= 4 is 69.6 Å². The minimum Gasteiger partial charge on any atom is -0.114 e. The third kappa shape index (κ3) is 0.973. The van der Waals surface area contributed by atoms with Crippen LogP contribution in [0.25, 0.3) is 0 Å². The molecule has 0 heterocycles. The normalized spacial score (nSPS) is 64.1. The summed E-state index contributed by atoms with van der Waals surface area (Å²) in [5, 5.41) is 0.816. The van der Waals surface area contributed by atoms with E-state index in [2.05, 4.69) is 6.08 Å². The zero-order valence-electron chi connectivity index (χ0n) is 8.99. The number of halogens is 6. The van der Waals surface area contributed by atoms with Gasteiger partial charge >= 0.3 is 0 Å². The Morgan fingerprint density at radius 2 is 1.72 bits per heavy atom. The summed E-state index contributed by atoms with van der Waals surface area (Å²) in [5.41, 5.74) is 0. The summed E-state index contributed by atoms with van der Waals surface area (Å²) in [7, 11) is 0. The lowest BCUT2D eigenvalue weighted by Crippen LogP contribution is -2.58. The average molecular weight is 365 g/mol. The zero-order chi connectivity index (χ0) is 13.1. The molecule has 6 atom stereocenters. The van der Waals surface area contributed by atoms with Gasteiger partial charge < -0.3 is 0 Å². The molecule has 0 N–H and O–H groups in total. The summed E-state index contributed by atoms with van der Waals surface area (Å²) in [4.78, 5) is -3.27. The lowest BCUT2D eigenvalue weighted by molar-refractivity contribution is 0.344. The summed E-state index contributed by atoms with van der Waals surface area (Å²) in [6, 6.07) is 0. The van der Waals surface area contributed by atoms with Crippen molar-refractivity contribution in [1.82, 2.24) is 0 Å². The van der Waals surface area contributed by atoms with Gasteiger partial charge in [-0.3, -0.25) is 0 Å². The Kier molecular flexibility index (Phi) is 2.28. The van der Waals surface area contributed by atoms with Crippen LogP contribution in [0, 0.1) is 11.8 Å². The van der Waals surface area contributed by atoms with Crippen LogP contribution in [0.15, 0.2) is 22.2 Å². The van der Waals surface area contributed by atoms with E-state index in [1.54, 1.807) is 0 Å². The topological polar surface area (TPSA) is 0 Å². The summed E-state index contributed by atoms with van der Waals surface area (Å²) >= 11 is 39.7. The predicted molar refractivity (Wildman–Crippen MR) is 78.4 cm³/mol. The molecular weight excluding hydrogens is 357 g/mol. The second-order valence-corrected chi connectivity index (χ2v) is 9.09. The van der Waals surface area contributed by atoms with Crippen LogP contribution in [0.1, 0.15) is 12.8 Å². The van der Waals surface area contributed by atoms with Gasteiger partial charge in [-0.1, -0.05) is 35.4 Å². The van der Waals surface area contributed by atoms with Crippen molar-refractivity contribution in [3.8, 4) is 0 Å². The van der Waals surface area contributed by atoms with Crippen molar-refractivity contribution in [2.45, 2.75) is 32.3 Å². The van der Waals surface area contributed by atoms with Crippen molar-refractivity contribution in [3.05, 3.63) is 22.2 Å². The number of fused-ring (bicyclic) bond motifs is 9. The first-order valence-corrected chi connectivity index (χ1v) is 7.99. The molecule has 0 aromatic rings. The highest BCUT2D eigenvalue weighted by molar-refractivity contribution is 6.55. The molecule has 4 bridgehead atoms. The van der Waals surface area contributed by atoms with Gasteiger partial charge in [-0.15, -0.1) is 46.4 Å². The molecule has 6 unspecified atom stereocenters. The van der Waals surface area contributed by atoms with Gasteiger partial charge in [0.1, 0.15) is 4.87 Å². The first-order valence-electron chi connectivity index (χ1n) is 5.72. The number of alkyl halides is 4. The molecule has 4 aliphatic carbocycles. The standard InChI is InChI=1S/C12H8Cl6/c13-7-8(14)11(17)4-10(7,16)6-5-1-2-9(15,3-5)12(6,11)18/h1-2,5-6H,3-4H2. The first kappa shape index (κ1) is 12.9. The summed E-state index contributed by atoms with van der Waals surface area (Å²) in [6.45, 7) is 0. The van der Waals surface area contributed by atoms with E-state index in [0.717, 1.165) is 6.42 Å². The highest BCUT2D eigenvalue weighted by Crippen LogP contribution is 2.81. The molecule has 0 nitrogen and oxygen atoms in total. The molecule has 18 heavy (non-hydrogen) atoms. The monoisotopic (exact) mass is 362 g/mol. The molecule has 4 aliphatic rings. The van der Waals surface area contributed by atoms with Crippen molar-refractivity contribution in [2.75, 3.05) is 0 Å². The van der Waals surface area contributed by atoms with Gasteiger partial charge in [0.25, 0.3) is 0 Å². The Labute approximate surface area is 135 Å². The van der Waals surface area contributed by atoms with E-state index in [0.29, 0.717) is 16.5 Å². The van der Waals surface area contributed by atoms with Gasteiger partial charge in [0.05, 0.1) is 24.7 Å². The molecule has 0 aromatic carbocycles. The molecule has 6 heteroatoms. The van der Waals surface area contributed by atoms with E-state index in [4.69, 9.17) is 69.6 Å². The summed E-state index contributed by atoms with van der Waals surface area (Å²) < 4.78 is 0. The second kappa shape index (κ2) is 3.18. The lowest BCUT2D eigenvalue weighted by Gasteiger charge is -2.48. The second-order valence-electron chi connectivity index (χ2n) is 5.75. The Balaban J connectivity index is 2.05. The maximum absolute atomic E-state index is 6.92. The number of hydrogen-bond acceptors (Lipinski definition) is 0. The van der Waals surface area contributed by atoms with E-state index in [1.807, 2.05) is 6.08 Å². The van der Waals surface area contributed by atoms with E-state index < -0.39 is 19.5 Å². The van der Waals surface area contributed by atoms with Gasteiger partial charge in [-0.25, -0.2) is 0 Å². The minimum atomic E-state index is -0.957. The fourth-order valence-corrected chi connectivity index (χ4v) is 7.88. The first-order chi connectivity index (χ1) is 8.21. The van der Waals surface area contributed by atoms with Crippen LogP contribution in [0.4, 0.5) is 0 Å². The van der Waals surface area contributed by atoms with Gasteiger partial charge in [0.2, 0.25) is 0 Å². The zero-order valence-corrected chi connectivity index (χ0v) is 13.5. The fraction of sp³-hybridized carbons (Fsp3) is 0.667. The van der Waals surface area contributed by atoms with Crippen molar-refractivity contribution < 1.29 is 0 Å². The van der Waals surface area contributed by atoms with Gasteiger partial charge in [-0.05, 0) is 18.8 Å². The SMILES string of the molecule is ClC1=C(Cl)C2(Cl)CC1(Cl)C1C3C=CC(Cl)(C3)C12Cl. The molecule has 4 rings (SSSR count). The van der Waals surface area contributed by atoms with Crippen LogP contribution < -0.4 is 0 Å². The van der Waals surface area contributed by atoms with Crippen LogP contribution in [0.3, 0.4) is 0 Å². The fourth-order valence-electron chi connectivity index (χ4n) is 4.44. The molecule has 0 spiro atoms. The predicted octanol–water partition coefficient (Wildman–Crippen LogP) is 5.21. The minimum absolute atomic E-state index is 0.0664. The van der Waals surface area contributed by atoms with E-state index >= 15 is 0 Å². The maximum Gasteiger partial charge on any atom is 0.105 e. The van der Waals surface area contributed by atoms with Crippen molar-refractivity contribution in [3.63, 3.8) is 0 Å². The quantitative estimate of drug-likeness (QED) is 0.314. The van der Waals surface area contributed by atoms with Crippen molar-refractivity contribution in [2.24, 2.45) is 11.8 Å². The van der Waals surface area contributed by atoms with Gasteiger partial charge in [-0.2, -0.15) is 0 Å². The Morgan fingerprint density at radius 3 is 2.39 bits per heavy atom.